The van der Waals surface area contributed by atoms with Crippen LogP contribution in [0.2, 0.25) is 25.4 Å². The maximum Gasteiger partial charge on any atom is 0.154 e. The van der Waals surface area contributed by atoms with Crippen LogP contribution in [0.1, 0.15) is 23.6 Å². The Labute approximate surface area is 234 Å². The summed E-state index contributed by atoms with van der Waals surface area (Å²) in [6.45, 7) is 0.111. The summed E-state index contributed by atoms with van der Waals surface area (Å²) >= 11 is 29.9. The van der Waals surface area contributed by atoms with Gasteiger partial charge in [0.05, 0.1) is 34.6 Å². The van der Waals surface area contributed by atoms with Crippen LogP contribution >= 0.6 is 58.0 Å². The molecule has 15 heteroatoms. The summed E-state index contributed by atoms with van der Waals surface area (Å²) in [5, 5.41) is 40.5. The fourth-order valence-electron chi connectivity index (χ4n) is 4.23. The van der Waals surface area contributed by atoms with E-state index in [0.717, 1.165) is 0 Å². The van der Waals surface area contributed by atoms with E-state index in [9.17, 15) is 20.4 Å². The summed E-state index contributed by atoms with van der Waals surface area (Å²) in [5.41, 5.74) is 2.03. The average Bonchev–Trinajstić information content (AvgIpc) is 3.54. The van der Waals surface area contributed by atoms with Crippen LogP contribution in [-0.2, 0) is 9.47 Å². The number of halogens is 5. The molecule has 0 aromatic carbocycles. The maximum absolute atomic E-state index is 9.90. The molecule has 198 valence electrons. The largest absolute Gasteiger partial charge is 0.388 e. The summed E-state index contributed by atoms with van der Waals surface area (Å²) in [7, 11) is 0. The Morgan fingerprint density at radius 1 is 0.730 bits per heavy atom. The van der Waals surface area contributed by atoms with Crippen LogP contribution in [0.15, 0.2) is 30.6 Å². The lowest BCUT2D eigenvalue weighted by Gasteiger charge is -2.15. The van der Waals surface area contributed by atoms with Gasteiger partial charge in [-0.1, -0.05) is 58.0 Å². The Hall–Kier alpha value is -1.41. The van der Waals surface area contributed by atoms with E-state index in [-0.39, 0.29) is 23.5 Å². The molecule has 0 bridgehead atoms. The smallest absolute Gasteiger partial charge is 0.154 e. The van der Waals surface area contributed by atoms with E-state index < -0.39 is 36.6 Å². The highest BCUT2D eigenvalue weighted by Crippen LogP contribution is 2.36. The van der Waals surface area contributed by atoms with Crippen molar-refractivity contribution in [3.8, 4) is 0 Å². The highest BCUT2D eigenvalue weighted by molar-refractivity contribution is 6.42. The average molecular weight is 613 g/mol. The number of pyridine rings is 2. The van der Waals surface area contributed by atoms with Crippen LogP contribution in [0.3, 0.4) is 0 Å². The van der Waals surface area contributed by atoms with Crippen molar-refractivity contribution in [3.05, 3.63) is 67.4 Å². The number of hydrogen-bond acceptors (Lipinski definition) is 8. The minimum absolute atomic E-state index is 0.0384. The SMILES string of the molecule is O[C@@H]1COC(c2c(Cl)nc3cc(Cl)c(Cl)cn23)[C@@H]1O.O[C@@H]1COC(c2c(Cl)nc3cc(Cl)ccn23)[C@@H]1O. The third kappa shape index (κ3) is 5.02. The minimum Gasteiger partial charge on any atom is -0.388 e. The number of hydrogen-bond donors (Lipinski definition) is 4. The summed E-state index contributed by atoms with van der Waals surface area (Å²) < 4.78 is 14.0. The van der Waals surface area contributed by atoms with E-state index in [4.69, 9.17) is 67.5 Å². The lowest BCUT2D eigenvalue weighted by Crippen LogP contribution is -2.25. The Morgan fingerprint density at radius 2 is 1.24 bits per heavy atom. The van der Waals surface area contributed by atoms with Gasteiger partial charge in [-0.15, -0.1) is 0 Å². The fourth-order valence-corrected chi connectivity index (χ4v) is 5.26. The summed E-state index contributed by atoms with van der Waals surface area (Å²) in [4.78, 5) is 8.28. The highest BCUT2D eigenvalue weighted by Gasteiger charge is 2.40. The molecule has 4 N–H and O–H groups in total. The monoisotopic (exact) mass is 610 g/mol. The number of nitrogens with zero attached hydrogens (tertiary/aromatic N) is 4. The second-order valence-corrected chi connectivity index (χ2v) is 10.4. The molecule has 0 radical (unpaired) electrons. The van der Waals surface area contributed by atoms with Gasteiger partial charge in [-0.3, -0.25) is 8.80 Å². The van der Waals surface area contributed by atoms with Gasteiger partial charge in [0, 0.05) is 29.5 Å². The number of aromatic nitrogens is 4. The van der Waals surface area contributed by atoms with E-state index in [2.05, 4.69) is 9.97 Å². The van der Waals surface area contributed by atoms with Crippen LogP contribution in [-0.4, -0.2) is 76.8 Å². The predicted molar refractivity (Wildman–Crippen MR) is 137 cm³/mol. The molecular weight excluding hydrogens is 594 g/mol. The summed E-state index contributed by atoms with van der Waals surface area (Å²) in [6, 6.07) is 4.92. The van der Waals surface area contributed by atoms with Crippen LogP contribution in [0.4, 0.5) is 0 Å². The Bertz CT molecular complexity index is 1460. The van der Waals surface area contributed by atoms with Crippen molar-refractivity contribution in [2.75, 3.05) is 13.2 Å². The second-order valence-electron chi connectivity index (χ2n) is 8.47. The molecule has 2 aliphatic heterocycles. The number of rotatable bonds is 2. The molecule has 37 heavy (non-hydrogen) atoms. The molecule has 0 saturated carbocycles. The Kier molecular flexibility index (Phi) is 7.81. The molecule has 2 saturated heterocycles. The predicted octanol–water partition coefficient (Wildman–Crippen LogP) is 3.52. The number of fused-ring (bicyclic) bond motifs is 2. The lowest BCUT2D eigenvalue weighted by molar-refractivity contribution is 0.0202. The van der Waals surface area contributed by atoms with Gasteiger partial charge < -0.3 is 29.9 Å². The quantitative estimate of drug-likeness (QED) is 0.270. The molecule has 0 spiro atoms. The lowest BCUT2D eigenvalue weighted by atomic mass is 10.1. The minimum atomic E-state index is -1.06. The first-order valence-corrected chi connectivity index (χ1v) is 12.8. The van der Waals surface area contributed by atoms with Gasteiger partial charge in [0.25, 0.3) is 0 Å². The second kappa shape index (κ2) is 10.6. The van der Waals surface area contributed by atoms with Gasteiger partial charge in [0.15, 0.2) is 10.3 Å². The van der Waals surface area contributed by atoms with Gasteiger partial charge in [0.2, 0.25) is 0 Å². The molecule has 4 aromatic heterocycles. The molecule has 6 heterocycles. The van der Waals surface area contributed by atoms with E-state index >= 15 is 0 Å². The van der Waals surface area contributed by atoms with Crippen molar-refractivity contribution in [3.63, 3.8) is 0 Å². The topological polar surface area (TPSA) is 134 Å². The van der Waals surface area contributed by atoms with Crippen LogP contribution in [0, 0.1) is 0 Å². The molecule has 6 atom stereocenters. The zero-order valence-corrected chi connectivity index (χ0v) is 22.3. The van der Waals surface area contributed by atoms with Gasteiger partial charge in [-0.05, 0) is 6.07 Å². The van der Waals surface area contributed by atoms with E-state index in [1.807, 2.05) is 0 Å². The van der Waals surface area contributed by atoms with Crippen LogP contribution in [0.5, 0.6) is 0 Å². The molecule has 2 aliphatic rings. The van der Waals surface area contributed by atoms with Crippen LogP contribution in [0.25, 0.3) is 11.3 Å². The third-order valence-electron chi connectivity index (χ3n) is 6.08. The van der Waals surface area contributed by atoms with Crippen molar-refractivity contribution in [2.45, 2.75) is 36.6 Å². The van der Waals surface area contributed by atoms with E-state index in [1.54, 1.807) is 39.4 Å². The first kappa shape index (κ1) is 27.2. The molecule has 2 unspecified atom stereocenters. The number of imidazole rings is 2. The van der Waals surface area contributed by atoms with Gasteiger partial charge >= 0.3 is 0 Å². The van der Waals surface area contributed by atoms with Crippen molar-refractivity contribution in [1.29, 1.82) is 0 Å². The van der Waals surface area contributed by atoms with E-state index in [0.29, 0.717) is 37.8 Å². The summed E-state index contributed by atoms with van der Waals surface area (Å²) in [6.07, 6.45) is -2.14. The fraction of sp³-hybridized carbons (Fsp3) is 0.364. The highest BCUT2D eigenvalue weighted by atomic mass is 35.5. The van der Waals surface area contributed by atoms with Crippen molar-refractivity contribution >= 4 is 69.3 Å². The Balaban J connectivity index is 0.000000152. The van der Waals surface area contributed by atoms with Crippen molar-refractivity contribution in [2.24, 2.45) is 0 Å². The molecule has 4 aromatic rings. The van der Waals surface area contributed by atoms with E-state index in [1.165, 1.54) is 0 Å². The molecule has 0 aliphatic carbocycles. The first-order chi connectivity index (χ1) is 17.6. The number of ether oxygens (including phenoxy) is 2. The molecule has 6 rings (SSSR count). The Morgan fingerprint density at radius 3 is 1.76 bits per heavy atom. The number of aliphatic hydroxyl groups excluding tert-OH is 4. The van der Waals surface area contributed by atoms with Gasteiger partial charge in [0.1, 0.15) is 47.9 Å². The van der Waals surface area contributed by atoms with Gasteiger partial charge in [-0.25, -0.2) is 9.97 Å². The van der Waals surface area contributed by atoms with Gasteiger partial charge in [-0.2, -0.15) is 0 Å². The molecule has 10 nitrogen and oxygen atoms in total. The standard InChI is InChI=1S/C11H9Cl3N2O3.C11H10Cl2N2O3/c12-4-1-7-15-11(14)8(16(7)2-5(4)13)10-9(18)6(17)3-19-10;12-5-1-2-15-7(3-5)14-11(13)8(15)10-9(17)6(16)4-18-10/h1-2,6,9-10,17-18H,3H2;1-3,6,9-10,16-17H,4H2/t2*6-,9-,10?/m11/s1. The molecule has 2 fully saturated rings. The zero-order chi connectivity index (χ0) is 26.6. The maximum atomic E-state index is 9.90. The van der Waals surface area contributed by atoms with Crippen LogP contribution < -0.4 is 0 Å². The number of aliphatic hydroxyl groups is 4. The van der Waals surface area contributed by atoms with Crippen molar-refractivity contribution < 1.29 is 29.9 Å². The normalized spacial score (nSPS) is 27.7. The van der Waals surface area contributed by atoms with Crippen molar-refractivity contribution in [1.82, 2.24) is 18.8 Å². The molecular formula is C22H19Cl5N4O6. The molecule has 0 amide bonds. The first-order valence-electron chi connectivity index (χ1n) is 10.9. The summed E-state index contributed by atoms with van der Waals surface area (Å²) in [5.74, 6) is 0. The zero-order valence-electron chi connectivity index (χ0n) is 18.5. The third-order valence-corrected chi connectivity index (χ3v) is 7.58.